The summed E-state index contributed by atoms with van der Waals surface area (Å²) in [5, 5.41) is 9.00. The van der Waals surface area contributed by atoms with Crippen molar-refractivity contribution in [1.29, 1.82) is 0 Å². The van der Waals surface area contributed by atoms with Crippen molar-refractivity contribution in [2.24, 2.45) is 11.7 Å². The van der Waals surface area contributed by atoms with E-state index >= 15 is 0 Å². The standard InChI is InChI=1S/C12H22N2O3/c1-3-8-14(2)10(15)9-4-6-12(13,7-5-9)11(16)17/h9H,3-8,13H2,1-2H3,(H,16,17). The molecule has 0 bridgehead atoms. The summed E-state index contributed by atoms with van der Waals surface area (Å²) >= 11 is 0. The highest BCUT2D eigenvalue weighted by molar-refractivity contribution is 5.81. The Bertz CT molecular complexity index is 296. The molecule has 1 saturated carbocycles. The fourth-order valence-corrected chi connectivity index (χ4v) is 2.35. The van der Waals surface area contributed by atoms with Crippen LogP contribution in [0.25, 0.3) is 0 Å². The van der Waals surface area contributed by atoms with Crippen LogP contribution in [-0.2, 0) is 9.59 Å². The number of carbonyl (C=O) groups excluding carboxylic acids is 1. The molecule has 0 aromatic rings. The topological polar surface area (TPSA) is 83.6 Å². The smallest absolute Gasteiger partial charge is 0.323 e. The number of carboxylic acids is 1. The Morgan fingerprint density at radius 1 is 1.41 bits per heavy atom. The molecule has 0 aromatic heterocycles. The van der Waals surface area contributed by atoms with E-state index < -0.39 is 11.5 Å². The van der Waals surface area contributed by atoms with Crippen molar-refractivity contribution in [3.8, 4) is 0 Å². The molecule has 1 rings (SSSR count). The Kier molecular flexibility index (Phi) is 4.51. The molecule has 0 aromatic carbocycles. The van der Waals surface area contributed by atoms with Crippen molar-refractivity contribution in [3.63, 3.8) is 0 Å². The number of hydrogen-bond acceptors (Lipinski definition) is 3. The molecule has 0 aliphatic heterocycles. The summed E-state index contributed by atoms with van der Waals surface area (Å²) in [5.41, 5.74) is 4.65. The van der Waals surface area contributed by atoms with Crippen molar-refractivity contribution in [3.05, 3.63) is 0 Å². The van der Waals surface area contributed by atoms with E-state index in [9.17, 15) is 9.59 Å². The minimum atomic E-state index is -1.12. The first-order valence-electron chi connectivity index (χ1n) is 6.18. The van der Waals surface area contributed by atoms with Crippen molar-refractivity contribution in [2.75, 3.05) is 13.6 Å². The van der Waals surface area contributed by atoms with Crippen LogP contribution in [0.1, 0.15) is 39.0 Å². The quantitative estimate of drug-likeness (QED) is 0.764. The molecule has 5 heteroatoms. The van der Waals surface area contributed by atoms with Gasteiger partial charge in [0.15, 0.2) is 0 Å². The maximum Gasteiger partial charge on any atom is 0.323 e. The molecule has 0 unspecified atom stereocenters. The molecule has 98 valence electrons. The van der Waals surface area contributed by atoms with E-state index in [-0.39, 0.29) is 11.8 Å². The first-order chi connectivity index (χ1) is 7.90. The summed E-state index contributed by atoms with van der Waals surface area (Å²) in [7, 11) is 1.80. The van der Waals surface area contributed by atoms with Gasteiger partial charge in [0.25, 0.3) is 0 Å². The fourth-order valence-electron chi connectivity index (χ4n) is 2.35. The van der Waals surface area contributed by atoms with Crippen LogP contribution in [0.4, 0.5) is 0 Å². The average Bonchev–Trinajstić information content (AvgIpc) is 2.29. The van der Waals surface area contributed by atoms with E-state index in [1.54, 1.807) is 11.9 Å². The van der Waals surface area contributed by atoms with Crippen LogP contribution in [0.3, 0.4) is 0 Å². The van der Waals surface area contributed by atoms with Gasteiger partial charge in [-0.2, -0.15) is 0 Å². The van der Waals surface area contributed by atoms with Crippen molar-refractivity contribution in [2.45, 2.75) is 44.6 Å². The Hall–Kier alpha value is -1.10. The van der Waals surface area contributed by atoms with Crippen LogP contribution in [0.15, 0.2) is 0 Å². The minimum absolute atomic E-state index is 0.0532. The second kappa shape index (κ2) is 5.49. The Balaban J connectivity index is 2.52. The fraction of sp³-hybridized carbons (Fsp3) is 0.833. The Labute approximate surface area is 102 Å². The van der Waals surface area contributed by atoms with Gasteiger partial charge in [-0.15, -0.1) is 0 Å². The zero-order valence-corrected chi connectivity index (χ0v) is 10.6. The monoisotopic (exact) mass is 242 g/mol. The summed E-state index contributed by atoms with van der Waals surface area (Å²) in [6.07, 6.45) is 2.87. The molecule has 3 N–H and O–H groups in total. The largest absolute Gasteiger partial charge is 0.480 e. The predicted molar refractivity (Wildman–Crippen MR) is 64.4 cm³/mol. The van der Waals surface area contributed by atoms with Gasteiger partial charge < -0.3 is 15.7 Å². The summed E-state index contributed by atoms with van der Waals surface area (Å²) in [5.74, 6) is -0.882. The molecule has 17 heavy (non-hydrogen) atoms. The van der Waals surface area contributed by atoms with Gasteiger partial charge in [0, 0.05) is 19.5 Å². The first kappa shape index (κ1) is 14.0. The molecule has 1 aliphatic rings. The van der Waals surface area contributed by atoms with Gasteiger partial charge in [0.1, 0.15) is 5.54 Å². The van der Waals surface area contributed by atoms with Crippen LogP contribution in [0, 0.1) is 5.92 Å². The second-order valence-corrected chi connectivity index (χ2v) is 5.00. The lowest BCUT2D eigenvalue weighted by molar-refractivity contribution is -0.147. The Morgan fingerprint density at radius 2 is 1.94 bits per heavy atom. The van der Waals surface area contributed by atoms with Crippen molar-refractivity contribution < 1.29 is 14.7 Å². The third-order valence-corrected chi connectivity index (χ3v) is 3.59. The molecule has 0 atom stereocenters. The maximum absolute atomic E-state index is 12.0. The molecule has 0 heterocycles. The van der Waals surface area contributed by atoms with Crippen LogP contribution in [0.5, 0.6) is 0 Å². The van der Waals surface area contributed by atoms with E-state index in [1.165, 1.54) is 0 Å². The van der Waals surface area contributed by atoms with E-state index in [4.69, 9.17) is 10.8 Å². The van der Waals surface area contributed by atoms with E-state index in [2.05, 4.69) is 0 Å². The molecule has 0 radical (unpaired) electrons. The molecular weight excluding hydrogens is 220 g/mol. The maximum atomic E-state index is 12.0. The zero-order chi connectivity index (χ0) is 13.1. The third-order valence-electron chi connectivity index (χ3n) is 3.59. The number of rotatable bonds is 4. The summed E-state index contributed by atoms with van der Waals surface area (Å²) in [6, 6.07) is 0. The number of amides is 1. The highest BCUT2D eigenvalue weighted by atomic mass is 16.4. The number of carbonyl (C=O) groups is 2. The summed E-state index contributed by atoms with van der Waals surface area (Å²) in [6.45, 7) is 2.78. The minimum Gasteiger partial charge on any atom is -0.480 e. The van der Waals surface area contributed by atoms with Crippen LogP contribution >= 0.6 is 0 Å². The van der Waals surface area contributed by atoms with Gasteiger partial charge in [0.05, 0.1) is 0 Å². The second-order valence-electron chi connectivity index (χ2n) is 5.00. The van der Waals surface area contributed by atoms with Gasteiger partial charge in [-0.05, 0) is 32.1 Å². The number of nitrogens with zero attached hydrogens (tertiary/aromatic N) is 1. The predicted octanol–water partition coefficient (Wildman–Crippen LogP) is 0.827. The van der Waals surface area contributed by atoms with Gasteiger partial charge in [-0.1, -0.05) is 6.92 Å². The summed E-state index contributed by atoms with van der Waals surface area (Å²) < 4.78 is 0. The van der Waals surface area contributed by atoms with Crippen LogP contribution in [-0.4, -0.2) is 41.0 Å². The average molecular weight is 242 g/mol. The van der Waals surface area contributed by atoms with Crippen LogP contribution in [0.2, 0.25) is 0 Å². The molecule has 1 fully saturated rings. The molecule has 1 amide bonds. The molecule has 1 aliphatic carbocycles. The number of carboxylic acid groups (broad SMARTS) is 1. The van der Waals surface area contributed by atoms with E-state index in [0.29, 0.717) is 25.7 Å². The first-order valence-corrected chi connectivity index (χ1v) is 6.18. The van der Waals surface area contributed by atoms with E-state index in [0.717, 1.165) is 13.0 Å². The van der Waals surface area contributed by atoms with Gasteiger partial charge >= 0.3 is 5.97 Å². The Morgan fingerprint density at radius 3 is 2.35 bits per heavy atom. The zero-order valence-electron chi connectivity index (χ0n) is 10.6. The van der Waals surface area contributed by atoms with Crippen molar-refractivity contribution >= 4 is 11.9 Å². The van der Waals surface area contributed by atoms with Gasteiger partial charge in [-0.3, -0.25) is 9.59 Å². The number of hydrogen-bond donors (Lipinski definition) is 2. The molecule has 5 nitrogen and oxygen atoms in total. The molecule has 0 saturated heterocycles. The summed E-state index contributed by atoms with van der Waals surface area (Å²) in [4.78, 5) is 24.7. The highest BCUT2D eigenvalue weighted by Gasteiger charge is 2.40. The van der Waals surface area contributed by atoms with Crippen LogP contribution < -0.4 is 5.73 Å². The molecule has 0 spiro atoms. The van der Waals surface area contributed by atoms with Gasteiger partial charge in [0.2, 0.25) is 5.91 Å². The SMILES string of the molecule is CCCN(C)C(=O)C1CCC(N)(C(=O)O)CC1. The third kappa shape index (κ3) is 3.19. The lowest BCUT2D eigenvalue weighted by Crippen LogP contribution is -2.51. The normalized spacial score (nSPS) is 28.8. The van der Waals surface area contributed by atoms with E-state index in [1.807, 2.05) is 6.92 Å². The van der Waals surface area contributed by atoms with Gasteiger partial charge in [-0.25, -0.2) is 0 Å². The number of nitrogens with two attached hydrogens (primary N) is 1. The molecular formula is C12H22N2O3. The van der Waals surface area contributed by atoms with Crippen molar-refractivity contribution in [1.82, 2.24) is 4.90 Å². The number of aliphatic carboxylic acids is 1. The lowest BCUT2D eigenvalue weighted by atomic mass is 9.76. The highest BCUT2D eigenvalue weighted by Crippen LogP contribution is 2.31. The lowest BCUT2D eigenvalue weighted by Gasteiger charge is -2.34.